The summed E-state index contributed by atoms with van der Waals surface area (Å²) in [5, 5.41) is 1.20. The second-order valence-corrected chi connectivity index (χ2v) is 9.41. The molecule has 3 heterocycles. The number of halogens is 1. The Balaban J connectivity index is 1.60. The van der Waals surface area contributed by atoms with Crippen LogP contribution >= 0.6 is 11.6 Å². The normalized spacial score (nSPS) is 18.3. The quantitative estimate of drug-likeness (QED) is 0.457. The molecule has 8 nitrogen and oxygen atoms in total. The Bertz CT molecular complexity index is 1430. The van der Waals surface area contributed by atoms with Crippen molar-refractivity contribution in [2.75, 3.05) is 5.73 Å². The molecular weight excluding hydrogens is 450 g/mol. The molecule has 5 rings (SSSR count). The van der Waals surface area contributed by atoms with E-state index in [-0.39, 0.29) is 17.5 Å². The fraction of sp³-hybridized carbons (Fsp3) is 0.320. The minimum Gasteiger partial charge on any atom is -0.368 e. The second kappa shape index (κ2) is 9.12. The third-order valence-electron chi connectivity index (χ3n) is 6.49. The van der Waals surface area contributed by atoms with Crippen molar-refractivity contribution in [3.8, 4) is 22.4 Å². The monoisotopic (exact) mass is 475 g/mol. The predicted octanol–water partition coefficient (Wildman–Crippen LogP) is 3.98. The molecule has 0 radical (unpaired) electrons. The summed E-state index contributed by atoms with van der Waals surface area (Å²) in [6, 6.07) is 7.60. The lowest BCUT2D eigenvalue weighted by atomic mass is 9.86. The number of nitrogens with zero attached hydrogens (tertiary/aromatic N) is 5. The first kappa shape index (κ1) is 22.4. The number of aromatic nitrogens is 5. The summed E-state index contributed by atoms with van der Waals surface area (Å²) in [6.07, 6.45) is 8.93. The molecule has 4 N–H and O–H groups in total. The van der Waals surface area contributed by atoms with Crippen molar-refractivity contribution in [2.24, 2.45) is 11.7 Å². The third kappa shape index (κ3) is 4.38. The molecule has 0 saturated heterocycles. The minimum absolute atomic E-state index is 0.140. The van der Waals surface area contributed by atoms with Gasteiger partial charge in [0.05, 0.1) is 17.6 Å². The molecule has 0 aliphatic heterocycles. The number of pyridine rings is 1. The van der Waals surface area contributed by atoms with Crippen LogP contribution in [0.4, 0.5) is 5.95 Å². The Morgan fingerprint density at radius 2 is 1.85 bits per heavy atom. The number of hydrogen-bond donors (Lipinski definition) is 2. The summed E-state index contributed by atoms with van der Waals surface area (Å²) in [5.41, 5.74) is 15.9. The topological polar surface area (TPSA) is 126 Å². The Hall–Kier alpha value is -3.36. The van der Waals surface area contributed by atoms with Crippen LogP contribution in [0.5, 0.6) is 0 Å². The molecule has 1 fully saturated rings. The van der Waals surface area contributed by atoms with Crippen molar-refractivity contribution < 1.29 is 0 Å². The maximum Gasteiger partial charge on any atom is 0.260 e. The zero-order valence-electron chi connectivity index (χ0n) is 18.9. The highest BCUT2D eigenvalue weighted by atomic mass is 35.5. The molecule has 1 aliphatic carbocycles. The molecule has 0 unspecified atom stereocenters. The molecule has 34 heavy (non-hydrogen) atoms. The Labute approximate surface area is 202 Å². The smallest absolute Gasteiger partial charge is 0.260 e. The summed E-state index contributed by atoms with van der Waals surface area (Å²) < 4.78 is 1.72. The molecule has 3 aromatic heterocycles. The van der Waals surface area contributed by atoms with Gasteiger partial charge in [0.2, 0.25) is 5.95 Å². The van der Waals surface area contributed by atoms with Gasteiger partial charge in [0.25, 0.3) is 5.56 Å². The van der Waals surface area contributed by atoms with Crippen molar-refractivity contribution in [2.45, 2.75) is 45.2 Å². The first-order valence-electron chi connectivity index (χ1n) is 11.4. The number of rotatable bonds is 4. The van der Waals surface area contributed by atoms with E-state index in [1.54, 1.807) is 29.2 Å². The number of aryl methyl sites for hydroxylation is 1. The first-order valence-corrected chi connectivity index (χ1v) is 11.8. The lowest BCUT2D eigenvalue weighted by Crippen LogP contribution is -2.31. The first-order chi connectivity index (χ1) is 16.4. The van der Waals surface area contributed by atoms with Crippen molar-refractivity contribution in [1.82, 2.24) is 24.5 Å². The molecule has 1 aromatic carbocycles. The lowest BCUT2D eigenvalue weighted by molar-refractivity contribution is 0.295. The molecule has 0 atom stereocenters. The summed E-state index contributed by atoms with van der Waals surface area (Å²) in [4.78, 5) is 31.0. The van der Waals surface area contributed by atoms with Crippen LogP contribution in [0.3, 0.4) is 0 Å². The van der Waals surface area contributed by atoms with Crippen LogP contribution in [0.25, 0.3) is 33.4 Å². The maximum absolute atomic E-state index is 13.7. The number of fused-ring (bicyclic) bond motifs is 1. The molecule has 174 valence electrons. The molecule has 1 saturated carbocycles. The zero-order chi connectivity index (χ0) is 23.8. The van der Waals surface area contributed by atoms with E-state index in [1.807, 2.05) is 25.1 Å². The van der Waals surface area contributed by atoms with Crippen LogP contribution < -0.4 is 17.0 Å². The van der Waals surface area contributed by atoms with Crippen molar-refractivity contribution in [3.63, 3.8) is 0 Å². The van der Waals surface area contributed by atoms with Gasteiger partial charge in [0.1, 0.15) is 5.65 Å². The Kier molecular flexibility index (Phi) is 6.02. The van der Waals surface area contributed by atoms with E-state index in [0.717, 1.165) is 48.0 Å². The predicted molar refractivity (Wildman–Crippen MR) is 134 cm³/mol. The second-order valence-electron chi connectivity index (χ2n) is 9.00. The van der Waals surface area contributed by atoms with Gasteiger partial charge >= 0.3 is 0 Å². The molecule has 0 spiro atoms. The van der Waals surface area contributed by atoms with E-state index in [0.29, 0.717) is 34.3 Å². The average Bonchev–Trinajstić information content (AvgIpc) is 2.82. The minimum atomic E-state index is -0.148. The van der Waals surface area contributed by atoms with Gasteiger partial charge in [-0.25, -0.2) is 9.97 Å². The summed E-state index contributed by atoms with van der Waals surface area (Å²) in [5.74, 6) is 0.491. The van der Waals surface area contributed by atoms with Gasteiger partial charge in [-0.15, -0.1) is 0 Å². The van der Waals surface area contributed by atoms with Crippen LogP contribution in [0.15, 0.2) is 47.7 Å². The number of anilines is 1. The van der Waals surface area contributed by atoms with Crippen molar-refractivity contribution >= 4 is 28.6 Å². The van der Waals surface area contributed by atoms with E-state index in [9.17, 15) is 4.79 Å². The van der Waals surface area contributed by atoms with E-state index in [2.05, 4.69) is 19.9 Å². The summed E-state index contributed by atoms with van der Waals surface area (Å²) in [6.45, 7) is 2.44. The summed E-state index contributed by atoms with van der Waals surface area (Å²) >= 11 is 6.70. The standard InChI is InChI=1S/C25H26ClN7O/c1-14-10-29-12-22(31-14)16-4-7-19(21(26)9-16)20-8-17-11-30-25(28)32-23(17)33(24(20)34)13-15-2-5-18(27)6-3-15/h4,7-12,15,18H,2-3,5-6,13,27H2,1H3,(H2,28,30,32). The maximum atomic E-state index is 13.7. The lowest BCUT2D eigenvalue weighted by Gasteiger charge is -2.27. The fourth-order valence-corrected chi connectivity index (χ4v) is 4.94. The van der Waals surface area contributed by atoms with E-state index >= 15 is 0 Å². The van der Waals surface area contributed by atoms with Gasteiger partial charge < -0.3 is 11.5 Å². The summed E-state index contributed by atoms with van der Waals surface area (Å²) in [7, 11) is 0. The van der Waals surface area contributed by atoms with E-state index in [1.165, 1.54) is 0 Å². The highest BCUT2D eigenvalue weighted by Crippen LogP contribution is 2.32. The number of benzene rings is 1. The van der Waals surface area contributed by atoms with Crippen LogP contribution in [0.2, 0.25) is 5.02 Å². The van der Waals surface area contributed by atoms with Crippen LogP contribution in [0.1, 0.15) is 31.4 Å². The highest BCUT2D eigenvalue weighted by Gasteiger charge is 2.22. The van der Waals surface area contributed by atoms with Gasteiger partial charge in [-0.1, -0.05) is 23.7 Å². The third-order valence-corrected chi connectivity index (χ3v) is 6.80. The van der Waals surface area contributed by atoms with Crippen molar-refractivity contribution in [1.29, 1.82) is 0 Å². The van der Waals surface area contributed by atoms with Crippen LogP contribution in [-0.2, 0) is 6.54 Å². The van der Waals surface area contributed by atoms with Gasteiger partial charge in [-0.05, 0) is 50.7 Å². The average molecular weight is 476 g/mol. The van der Waals surface area contributed by atoms with Gasteiger partial charge in [-0.3, -0.25) is 14.3 Å². The highest BCUT2D eigenvalue weighted by molar-refractivity contribution is 6.33. The van der Waals surface area contributed by atoms with Gasteiger partial charge in [-0.2, -0.15) is 4.98 Å². The van der Waals surface area contributed by atoms with Gasteiger partial charge in [0, 0.05) is 52.1 Å². The number of hydrogen-bond acceptors (Lipinski definition) is 7. The zero-order valence-corrected chi connectivity index (χ0v) is 19.7. The largest absolute Gasteiger partial charge is 0.368 e. The molecule has 9 heteroatoms. The number of nitrogen functional groups attached to an aromatic ring is 1. The Morgan fingerprint density at radius 3 is 2.59 bits per heavy atom. The fourth-order valence-electron chi connectivity index (χ4n) is 4.66. The molecular formula is C25H26ClN7O. The van der Waals surface area contributed by atoms with Crippen molar-refractivity contribution in [3.05, 3.63) is 63.9 Å². The van der Waals surface area contributed by atoms with Crippen LogP contribution in [0, 0.1) is 12.8 Å². The van der Waals surface area contributed by atoms with E-state index in [4.69, 9.17) is 23.1 Å². The molecule has 4 aromatic rings. The SMILES string of the molecule is Cc1cncc(-c2ccc(-c3cc4cnc(N)nc4n(CC4CCC(N)CC4)c3=O)c(Cl)c2)n1. The van der Waals surface area contributed by atoms with Crippen LogP contribution in [-0.4, -0.2) is 30.5 Å². The van der Waals surface area contributed by atoms with E-state index < -0.39 is 0 Å². The number of nitrogens with two attached hydrogens (primary N) is 2. The van der Waals surface area contributed by atoms with Gasteiger partial charge in [0.15, 0.2) is 0 Å². The molecule has 1 aliphatic rings. The Morgan fingerprint density at radius 1 is 1.06 bits per heavy atom. The molecule has 0 bridgehead atoms. The molecule has 0 amide bonds.